The summed E-state index contributed by atoms with van der Waals surface area (Å²) in [5, 5.41) is 10.5. The van der Waals surface area contributed by atoms with Crippen molar-refractivity contribution in [2.24, 2.45) is 7.05 Å². The Bertz CT molecular complexity index is 997. The molecule has 0 amide bonds. The number of hydrogen-bond donors (Lipinski definition) is 0. The molecule has 0 fully saturated rings. The zero-order chi connectivity index (χ0) is 19.5. The molecule has 0 saturated carbocycles. The average Bonchev–Trinajstić information content (AvgIpc) is 3.07. The zero-order valence-electron chi connectivity index (χ0n) is 16.1. The molecule has 4 rings (SSSR count). The number of rotatable bonds is 5. The maximum absolute atomic E-state index is 6.15. The molecule has 1 aliphatic rings. The fraction of sp³-hybridized carbons (Fsp3) is 0.273. The van der Waals surface area contributed by atoms with Crippen molar-refractivity contribution in [3.05, 3.63) is 75.7 Å². The second-order valence-electron chi connectivity index (χ2n) is 7.05. The molecule has 0 bridgehead atoms. The monoisotopic (exact) mass is 410 g/mol. The topological polar surface area (TPSA) is 34.0 Å². The van der Waals surface area contributed by atoms with Crippen LogP contribution < -0.4 is 0 Å². The fourth-order valence-corrected chi connectivity index (χ4v) is 4.37. The summed E-state index contributed by atoms with van der Waals surface area (Å²) in [5.74, 6) is 0.889. The highest BCUT2D eigenvalue weighted by Gasteiger charge is 2.16. The third-order valence-electron chi connectivity index (χ3n) is 5.02. The van der Waals surface area contributed by atoms with Gasteiger partial charge in [-0.05, 0) is 41.5 Å². The quantitative estimate of drug-likeness (QED) is 0.542. The van der Waals surface area contributed by atoms with Crippen molar-refractivity contribution >= 4 is 23.4 Å². The number of aromatic nitrogens is 3. The SMILES string of the molecule is CC(=CCN1CCc2ccc(Cl)cc2C1)Sc1nnc(-c2ccccc2)n1C. The van der Waals surface area contributed by atoms with Crippen molar-refractivity contribution in [3.63, 3.8) is 0 Å². The van der Waals surface area contributed by atoms with E-state index in [9.17, 15) is 0 Å². The lowest BCUT2D eigenvalue weighted by Gasteiger charge is -2.28. The lowest BCUT2D eigenvalue weighted by molar-refractivity contribution is 0.281. The van der Waals surface area contributed by atoms with E-state index in [1.54, 1.807) is 11.8 Å². The predicted molar refractivity (Wildman–Crippen MR) is 116 cm³/mol. The molecule has 2 heterocycles. The van der Waals surface area contributed by atoms with Gasteiger partial charge in [0.1, 0.15) is 0 Å². The molecule has 0 N–H and O–H groups in total. The molecular weight excluding hydrogens is 388 g/mol. The van der Waals surface area contributed by atoms with Gasteiger partial charge in [-0.3, -0.25) is 4.90 Å². The third kappa shape index (κ3) is 4.32. The van der Waals surface area contributed by atoms with Crippen molar-refractivity contribution in [2.75, 3.05) is 13.1 Å². The first-order valence-corrected chi connectivity index (χ1v) is 10.6. The van der Waals surface area contributed by atoms with Gasteiger partial charge in [-0.1, -0.05) is 65.8 Å². The van der Waals surface area contributed by atoms with Gasteiger partial charge in [0.25, 0.3) is 0 Å². The molecule has 1 aliphatic heterocycles. The summed E-state index contributed by atoms with van der Waals surface area (Å²) in [4.78, 5) is 3.68. The Morgan fingerprint density at radius 3 is 2.79 bits per heavy atom. The van der Waals surface area contributed by atoms with Crippen LogP contribution in [0.25, 0.3) is 11.4 Å². The number of nitrogens with zero attached hydrogens (tertiary/aromatic N) is 4. The van der Waals surface area contributed by atoms with E-state index in [4.69, 9.17) is 11.6 Å². The Morgan fingerprint density at radius 1 is 1.14 bits per heavy atom. The van der Waals surface area contributed by atoms with E-state index in [0.717, 1.165) is 47.6 Å². The van der Waals surface area contributed by atoms with Crippen LogP contribution in [0, 0.1) is 0 Å². The second-order valence-corrected chi connectivity index (χ2v) is 8.70. The molecule has 0 atom stereocenters. The highest BCUT2D eigenvalue weighted by molar-refractivity contribution is 8.02. The Balaban J connectivity index is 1.40. The normalized spacial score (nSPS) is 14.9. The van der Waals surface area contributed by atoms with Gasteiger partial charge in [0, 0.05) is 37.3 Å². The van der Waals surface area contributed by atoms with E-state index >= 15 is 0 Å². The molecular formula is C22H23ClN4S. The fourth-order valence-electron chi connectivity index (χ4n) is 3.43. The first-order chi connectivity index (χ1) is 13.6. The second kappa shape index (κ2) is 8.52. The standard InChI is InChI=1S/C22H23ClN4S/c1-16(10-12-27-13-11-17-8-9-20(23)14-19(17)15-27)28-22-25-24-21(26(22)2)18-6-4-3-5-7-18/h3-10,14H,11-13,15H2,1-2H3. The van der Waals surface area contributed by atoms with Crippen molar-refractivity contribution in [1.29, 1.82) is 0 Å². The maximum atomic E-state index is 6.15. The molecule has 3 aromatic rings. The Kier molecular flexibility index (Phi) is 5.85. The lowest BCUT2D eigenvalue weighted by atomic mass is 10.00. The van der Waals surface area contributed by atoms with Gasteiger partial charge in [-0.25, -0.2) is 0 Å². The average molecular weight is 411 g/mol. The summed E-state index contributed by atoms with van der Waals surface area (Å²) in [6, 6.07) is 16.4. The highest BCUT2D eigenvalue weighted by atomic mass is 35.5. The van der Waals surface area contributed by atoms with Crippen molar-refractivity contribution in [3.8, 4) is 11.4 Å². The first kappa shape index (κ1) is 19.2. The third-order valence-corrected chi connectivity index (χ3v) is 6.28. The molecule has 28 heavy (non-hydrogen) atoms. The summed E-state index contributed by atoms with van der Waals surface area (Å²) >= 11 is 7.82. The van der Waals surface area contributed by atoms with Gasteiger partial charge < -0.3 is 4.57 Å². The minimum absolute atomic E-state index is 0.819. The molecule has 0 unspecified atom stereocenters. The van der Waals surface area contributed by atoms with Crippen LogP contribution in [0.5, 0.6) is 0 Å². The largest absolute Gasteiger partial charge is 0.305 e. The van der Waals surface area contributed by atoms with Gasteiger partial charge in [0.05, 0.1) is 0 Å². The van der Waals surface area contributed by atoms with Gasteiger partial charge in [0.15, 0.2) is 11.0 Å². The van der Waals surface area contributed by atoms with Crippen molar-refractivity contribution < 1.29 is 0 Å². The van der Waals surface area contributed by atoms with E-state index < -0.39 is 0 Å². The van der Waals surface area contributed by atoms with Crippen LogP contribution in [0.2, 0.25) is 5.02 Å². The van der Waals surface area contributed by atoms with Crippen LogP contribution in [0.1, 0.15) is 18.1 Å². The zero-order valence-corrected chi connectivity index (χ0v) is 17.7. The Morgan fingerprint density at radius 2 is 1.96 bits per heavy atom. The summed E-state index contributed by atoms with van der Waals surface area (Å²) in [6.45, 7) is 5.09. The van der Waals surface area contributed by atoms with Gasteiger partial charge in [-0.2, -0.15) is 0 Å². The molecule has 0 spiro atoms. The van der Waals surface area contributed by atoms with Crippen molar-refractivity contribution in [1.82, 2.24) is 19.7 Å². The summed E-state index contributed by atoms with van der Waals surface area (Å²) in [6.07, 6.45) is 3.35. The van der Waals surface area contributed by atoms with Crippen LogP contribution in [0.15, 0.2) is 64.7 Å². The number of hydrogen-bond acceptors (Lipinski definition) is 4. The van der Waals surface area contributed by atoms with Gasteiger partial charge in [-0.15, -0.1) is 10.2 Å². The number of fused-ring (bicyclic) bond motifs is 1. The first-order valence-electron chi connectivity index (χ1n) is 9.39. The van der Waals surface area contributed by atoms with Crippen LogP contribution >= 0.6 is 23.4 Å². The minimum Gasteiger partial charge on any atom is -0.305 e. The molecule has 2 aromatic carbocycles. The lowest BCUT2D eigenvalue weighted by Crippen LogP contribution is -2.30. The molecule has 0 aliphatic carbocycles. The Labute approximate surface area is 175 Å². The van der Waals surface area contributed by atoms with E-state index in [1.165, 1.54) is 16.0 Å². The molecule has 0 radical (unpaired) electrons. The number of benzene rings is 2. The number of halogens is 1. The van der Waals surface area contributed by atoms with E-state index in [1.807, 2.05) is 31.3 Å². The van der Waals surface area contributed by atoms with Crippen LogP contribution in [0.3, 0.4) is 0 Å². The smallest absolute Gasteiger partial charge is 0.195 e. The number of thioether (sulfide) groups is 1. The molecule has 6 heteroatoms. The van der Waals surface area contributed by atoms with E-state index in [-0.39, 0.29) is 0 Å². The maximum Gasteiger partial charge on any atom is 0.195 e. The van der Waals surface area contributed by atoms with E-state index in [0.29, 0.717) is 0 Å². The van der Waals surface area contributed by atoms with Crippen LogP contribution in [-0.2, 0) is 20.0 Å². The molecule has 144 valence electrons. The Hall–Kier alpha value is -2.08. The molecule has 0 saturated heterocycles. The highest BCUT2D eigenvalue weighted by Crippen LogP contribution is 2.28. The van der Waals surface area contributed by atoms with Gasteiger partial charge >= 0.3 is 0 Å². The van der Waals surface area contributed by atoms with Gasteiger partial charge in [0.2, 0.25) is 0 Å². The van der Waals surface area contributed by atoms with E-state index in [2.05, 4.69) is 56.9 Å². The summed E-state index contributed by atoms with van der Waals surface area (Å²) < 4.78 is 2.05. The summed E-state index contributed by atoms with van der Waals surface area (Å²) in [7, 11) is 2.02. The van der Waals surface area contributed by atoms with Crippen LogP contribution in [-0.4, -0.2) is 32.8 Å². The number of allylic oxidation sites excluding steroid dienone is 1. The summed E-state index contributed by atoms with van der Waals surface area (Å²) in [5.41, 5.74) is 3.85. The predicted octanol–water partition coefficient (Wildman–Crippen LogP) is 5.19. The minimum atomic E-state index is 0.819. The van der Waals surface area contributed by atoms with Crippen molar-refractivity contribution in [2.45, 2.75) is 25.0 Å². The van der Waals surface area contributed by atoms with Crippen LogP contribution in [0.4, 0.5) is 0 Å². The molecule has 1 aromatic heterocycles. The molecule has 4 nitrogen and oxygen atoms in total.